The molecule has 150 valence electrons. The molecule has 6 nitrogen and oxygen atoms in total. The van der Waals surface area contributed by atoms with Crippen LogP contribution in [-0.2, 0) is 19.5 Å². The maximum Gasteiger partial charge on any atom is 0.255 e. The number of aromatic nitrogens is 1. The van der Waals surface area contributed by atoms with Crippen molar-refractivity contribution in [1.82, 2.24) is 19.9 Å². The van der Waals surface area contributed by atoms with Crippen molar-refractivity contribution in [2.45, 2.75) is 33.4 Å². The van der Waals surface area contributed by atoms with E-state index in [2.05, 4.69) is 32.3 Å². The van der Waals surface area contributed by atoms with Crippen molar-refractivity contribution in [3.8, 4) is 0 Å². The van der Waals surface area contributed by atoms with Crippen LogP contribution < -0.4 is 0 Å². The maximum atomic E-state index is 13.2. The highest BCUT2D eigenvalue weighted by Gasteiger charge is 2.41. The van der Waals surface area contributed by atoms with Crippen LogP contribution in [0.3, 0.4) is 0 Å². The lowest BCUT2D eigenvalue weighted by Gasteiger charge is -2.27. The van der Waals surface area contributed by atoms with Crippen molar-refractivity contribution in [2.24, 2.45) is 11.8 Å². The summed E-state index contributed by atoms with van der Waals surface area (Å²) < 4.78 is 5.31. The molecule has 3 aliphatic rings. The Labute approximate surface area is 170 Å². The van der Waals surface area contributed by atoms with Crippen LogP contribution >= 0.6 is 11.3 Å². The topological polar surface area (TPSA) is 52.8 Å². The summed E-state index contributed by atoms with van der Waals surface area (Å²) in [7, 11) is 2.19. The van der Waals surface area contributed by atoms with Crippen LogP contribution in [0.5, 0.6) is 0 Å². The fourth-order valence-electron chi connectivity index (χ4n) is 5.21. The van der Waals surface area contributed by atoms with E-state index in [1.807, 2.05) is 13.8 Å². The molecule has 0 aromatic carbocycles. The highest BCUT2D eigenvalue weighted by molar-refractivity contribution is 7.10. The molecule has 0 bridgehead atoms. The molecule has 0 unspecified atom stereocenters. The largest absolute Gasteiger partial charge is 0.361 e. The normalized spacial score (nSPS) is 25.3. The number of amides is 1. The lowest BCUT2D eigenvalue weighted by Crippen LogP contribution is -2.34. The molecule has 2 aromatic heterocycles. The molecule has 2 fully saturated rings. The summed E-state index contributed by atoms with van der Waals surface area (Å²) in [6.07, 6.45) is 0.951. The molecule has 28 heavy (non-hydrogen) atoms. The van der Waals surface area contributed by atoms with Gasteiger partial charge in [0.25, 0.3) is 5.91 Å². The third-order valence-corrected chi connectivity index (χ3v) is 7.79. The summed E-state index contributed by atoms with van der Waals surface area (Å²) in [6, 6.07) is 0. The van der Waals surface area contributed by atoms with Crippen LogP contribution in [0.2, 0.25) is 0 Å². The molecule has 1 amide bonds. The highest BCUT2D eigenvalue weighted by atomic mass is 32.1. The molecule has 0 saturated carbocycles. The number of hydrogen-bond acceptors (Lipinski definition) is 6. The van der Waals surface area contributed by atoms with Crippen molar-refractivity contribution in [1.29, 1.82) is 0 Å². The van der Waals surface area contributed by atoms with E-state index in [1.54, 1.807) is 11.3 Å². The number of aryl methyl sites for hydroxylation is 2. The number of thiophene rings is 1. The van der Waals surface area contributed by atoms with Crippen molar-refractivity contribution < 1.29 is 9.32 Å². The Hall–Kier alpha value is -1.70. The van der Waals surface area contributed by atoms with Crippen LogP contribution in [-0.4, -0.2) is 65.5 Å². The lowest BCUT2D eigenvalue weighted by atomic mass is 10.0. The molecule has 0 spiro atoms. The first-order chi connectivity index (χ1) is 13.5. The molecule has 2 aromatic rings. The van der Waals surface area contributed by atoms with Crippen LogP contribution in [0.1, 0.15) is 37.8 Å². The molecule has 3 aliphatic heterocycles. The monoisotopic (exact) mass is 400 g/mol. The Bertz CT molecular complexity index is 871. The Morgan fingerprint density at radius 2 is 2.00 bits per heavy atom. The first-order valence-corrected chi connectivity index (χ1v) is 11.1. The minimum absolute atomic E-state index is 0.258. The van der Waals surface area contributed by atoms with Gasteiger partial charge in [0, 0.05) is 61.6 Å². The zero-order valence-electron chi connectivity index (χ0n) is 16.9. The minimum Gasteiger partial charge on any atom is -0.361 e. The summed E-state index contributed by atoms with van der Waals surface area (Å²) in [5, 5.41) is 6.18. The third kappa shape index (κ3) is 3.09. The van der Waals surface area contributed by atoms with E-state index in [-0.39, 0.29) is 5.91 Å². The van der Waals surface area contributed by atoms with Gasteiger partial charge in [-0.25, -0.2) is 0 Å². The first kappa shape index (κ1) is 18.3. The van der Waals surface area contributed by atoms with Gasteiger partial charge in [0.1, 0.15) is 5.76 Å². The standard InChI is InChI=1S/C21H28N4O2S/c1-13-18(14(2)27-22-13)10-24-5-4-17-19(12-28-20(17)11-24)21(26)25-8-15-6-23(3)7-16(15)9-25/h12,15-16H,4-11H2,1-3H3/t15-,16+. The Morgan fingerprint density at radius 1 is 1.25 bits per heavy atom. The first-order valence-electron chi connectivity index (χ1n) is 10.2. The number of rotatable bonds is 3. The van der Waals surface area contributed by atoms with Gasteiger partial charge in [0.2, 0.25) is 0 Å². The third-order valence-electron chi connectivity index (χ3n) is 6.78. The van der Waals surface area contributed by atoms with Gasteiger partial charge in [-0.15, -0.1) is 11.3 Å². The van der Waals surface area contributed by atoms with Crippen LogP contribution in [0, 0.1) is 25.7 Å². The van der Waals surface area contributed by atoms with Gasteiger partial charge >= 0.3 is 0 Å². The second kappa shape index (κ2) is 6.97. The van der Waals surface area contributed by atoms with Crippen molar-refractivity contribution in [2.75, 3.05) is 39.8 Å². The van der Waals surface area contributed by atoms with E-state index >= 15 is 0 Å². The van der Waals surface area contributed by atoms with Gasteiger partial charge in [-0.3, -0.25) is 9.69 Å². The van der Waals surface area contributed by atoms with Crippen LogP contribution in [0.15, 0.2) is 9.90 Å². The molecule has 7 heteroatoms. The lowest BCUT2D eigenvalue weighted by molar-refractivity contribution is 0.0774. The smallest absolute Gasteiger partial charge is 0.255 e. The zero-order valence-corrected chi connectivity index (χ0v) is 17.7. The molecule has 0 aliphatic carbocycles. The van der Waals surface area contributed by atoms with Gasteiger partial charge in [0.15, 0.2) is 0 Å². The van der Waals surface area contributed by atoms with Gasteiger partial charge in [0.05, 0.1) is 11.3 Å². The molecule has 5 heterocycles. The number of likely N-dealkylation sites (tertiary alicyclic amines) is 2. The Morgan fingerprint density at radius 3 is 2.68 bits per heavy atom. The fraction of sp³-hybridized carbons (Fsp3) is 0.619. The molecule has 0 N–H and O–H groups in total. The molecule has 2 atom stereocenters. The second-order valence-electron chi connectivity index (χ2n) is 8.77. The van der Waals surface area contributed by atoms with Crippen molar-refractivity contribution in [3.05, 3.63) is 38.4 Å². The number of nitrogens with zero attached hydrogens (tertiary/aromatic N) is 4. The van der Waals surface area contributed by atoms with Gasteiger partial charge in [-0.1, -0.05) is 5.16 Å². The molecule has 5 rings (SSSR count). The van der Waals surface area contributed by atoms with Gasteiger partial charge in [-0.05, 0) is 44.7 Å². The number of carbonyl (C=O) groups excluding carboxylic acids is 1. The van der Waals surface area contributed by atoms with Crippen molar-refractivity contribution in [3.63, 3.8) is 0 Å². The van der Waals surface area contributed by atoms with Crippen molar-refractivity contribution >= 4 is 17.2 Å². The summed E-state index contributed by atoms with van der Waals surface area (Å²) in [5.41, 5.74) is 4.44. The average molecular weight is 401 g/mol. The average Bonchev–Trinajstić information content (AvgIpc) is 3.40. The second-order valence-corrected chi connectivity index (χ2v) is 9.73. The maximum absolute atomic E-state index is 13.2. The zero-order chi connectivity index (χ0) is 19.4. The minimum atomic E-state index is 0.258. The van der Waals surface area contributed by atoms with E-state index in [0.717, 1.165) is 69.3 Å². The number of carbonyl (C=O) groups is 1. The molecule has 2 saturated heterocycles. The molecular formula is C21H28N4O2S. The van der Waals surface area contributed by atoms with E-state index in [1.165, 1.54) is 16.0 Å². The van der Waals surface area contributed by atoms with E-state index in [4.69, 9.17) is 4.52 Å². The van der Waals surface area contributed by atoms with Crippen LogP contribution in [0.25, 0.3) is 0 Å². The Kier molecular flexibility index (Phi) is 4.56. The molecule has 0 radical (unpaired) electrons. The number of fused-ring (bicyclic) bond motifs is 2. The van der Waals surface area contributed by atoms with E-state index in [0.29, 0.717) is 11.8 Å². The summed E-state index contributed by atoms with van der Waals surface area (Å²) in [5.74, 6) is 2.49. The Balaban J connectivity index is 1.28. The highest BCUT2D eigenvalue weighted by Crippen LogP contribution is 2.34. The predicted octanol–water partition coefficient (Wildman–Crippen LogP) is 2.54. The molecular weight excluding hydrogens is 372 g/mol. The van der Waals surface area contributed by atoms with Gasteiger partial charge in [-0.2, -0.15) is 0 Å². The SMILES string of the molecule is Cc1noc(C)c1CN1CCc2c(C(=O)N3C[C@H]4CN(C)C[C@H]4C3)csc2C1. The summed E-state index contributed by atoms with van der Waals surface area (Å²) in [6.45, 7) is 10.9. The quantitative estimate of drug-likeness (QED) is 0.793. The van der Waals surface area contributed by atoms with Crippen LogP contribution in [0.4, 0.5) is 0 Å². The predicted molar refractivity (Wildman–Crippen MR) is 108 cm³/mol. The van der Waals surface area contributed by atoms with E-state index in [9.17, 15) is 4.79 Å². The summed E-state index contributed by atoms with van der Waals surface area (Å²) >= 11 is 1.75. The number of hydrogen-bond donors (Lipinski definition) is 0. The summed E-state index contributed by atoms with van der Waals surface area (Å²) in [4.78, 5) is 21.5. The van der Waals surface area contributed by atoms with Gasteiger partial charge < -0.3 is 14.3 Å². The fourth-order valence-corrected chi connectivity index (χ4v) is 6.33. The van der Waals surface area contributed by atoms with E-state index < -0.39 is 0 Å².